The van der Waals surface area contributed by atoms with Crippen LogP contribution in [-0.4, -0.2) is 55.7 Å². The standard InChI is InChI=1S/C33H49NO7/c1-18(4-9-29(39)34-25(31(40)41)14-19-5-8-26(36)27(37)15-19)22-6-7-23-30-24(11-13-33(22,23)3)32(2)12-10-21(35)16-20(32)17-28(30)38/h5,8,15,18,20-25,28,30,35-38H,4,6-7,9-14,16-17H2,1-3H3,(H,34,39)(H,40,41)/t18-,20+,21-,22-,23+,24+,25?,28-,30+,32+,33-/m1/s1. The molecule has 41 heavy (non-hydrogen) atoms. The second-order valence-corrected chi connectivity index (χ2v) is 14.5. The van der Waals surface area contributed by atoms with Crippen LogP contribution in [-0.2, 0) is 16.0 Å². The number of carbonyl (C=O) groups excluding carboxylic acids is 1. The lowest BCUT2D eigenvalue weighted by atomic mass is 9.43. The van der Waals surface area contributed by atoms with E-state index in [9.17, 15) is 35.1 Å². The Morgan fingerprint density at radius 2 is 1.68 bits per heavy atom. The fraction of sp³-hybridized carbons (Fsp3) is 0.758. The Kier molecular flexibility index (Phi) is 8.38. The highest BCUT2D eigenvalue weighted by Crippen LogP contribution is 2.68. The number of phenols is 2. The van der Waals surface area contributed by atoms with Gasteiger partial charge in [0.1, 0.15) is 6.04 Å². The number of aliphatic carboxylic acids is 1. The van der Waals surface area contributed by atoms with Crippen molar-refractivity contribution in [3.8, 4) is 11.5 Å². The average molecular weight is 572 g/mol. The van der Waals surface area contributed by atoms with Gasteiger partial charge in [-0.2, -0.15) is 0 Å². The predicted molar refractivity (Wildman–Crippen MR) is 154 cm³/mol. The summed E-state index contributed by atoms with van der Waals surface area (Å²) in [6.07, 6.45) is 8.41. The molecule has 8 heteroatoms. The molecule has 6 N–H and O–H groups in total. The molecule has 5 rings (SSSR count). The molecule has 0 saturated heterocycles. The average Bonchev–Trinajstić information content (AvgIpc) is 3.27. The molecule has 1 aromatic carbocycles. The number of aromatic hydroxyl groups is 2. The molecule has 0 spiro atoms. The summed E-state index contributed by atoms with van der Waals surface area (Å²) in [6.45, 7) is 7.07. The van der Waals surface area contributed by atoms with Crippen molar-refractivity contribution in [2.75, 3.05) is 0 Å². The van der Waals surface area contributed by atoms with Gasteiger partial charge in [0.25, 0.3) is 0 Å². The van der Waals surface area contributed by atoms with Crippen LogP contribution in [0.15, 0.2) is 18.2 Å². The van der Waals surface area contributed by atoms with Gasteiger partial charge in [0, 0.05) is 12.8 Å². The molecular weight excluding hydrogens is 522 g/mol. The number of hydrogen-bond donors (Lipinski definition) is 6. The second kappa shape index (κ2) is 11.4. The maximum atomic E-state index is 12.9. The summed E-state index contributed by atoms with van der Waals surface area (Å²) in [5.74, 6) is 0.410. The van der Waals surface area contributed by atoms with Crippen LogP contribution in [0.3, 0.4) is 0 Å². The Hall–Kier alpha value is -2.32. The smallest absolute Gasteiger partial charge is 0.326 e. The van der Waals surface area contributed by atoms with Crippen molar-refractivity contribution in [1.29, 1.82) is 0 Å². The molecule has 1 unspecified atom stereocenters. The normalized spacial score (nSPS) is 39.6. The molecule has 4 aliphatic rings. The van der Waals surface area contributed by atoms with E-state index in [-0.39, 0.29) is 53.3 Å². The molecule has 4 saturated carbocycles. The van der Waals surface area contributed by atoms with Crippen molar-refractivity contribution in [3.63, 3.8) is 0 Å². The summed E-state index contributed by atoms with van der Waals surface area (Å²) >= 11 is 0. The molecule has 0 radical (unpaired) electrons. The molecule has 1 amide bonds. The third kappa shape index (κ3) is 5.58. The van der Waals surface area contributed by atoms with E-state index < -0.39 is 12.0 Å². The minimum absolute atomic E-state index is 0.0104. The first-order valence-electron chi connectivity index (χ1n) is 15.7. The summed E-state index contributed by atoms with van der Waals surface area (Å²) in [6, 6.07) is 3.03. The first kappa shape index (κ1) is 30.1. The lowest BCUT2D eigenvalue weighted by Crippen LogP contribution is -2.58. The molecule has 1 aromatic rings. The number of carboxylic acid groups (broad SMARTS) is 1. The predicted octanol–water partition coefficient (Wildman–Crippen LogP) is 4.62. The van der Waals surface area contributed by atoms with Gasteiger partial charge in [-0.3, -0.25) is 4.79 Å². The minimum Gasteiger partial charge on any atom is -0.504 e. The Balaban J connectivity index is 1.20. The van der Waals surface area contributed by atoms with Gasteiger partial charge in [0.15, 0.2) is 11.5 Å². The van der Waals surface area contributed by atoms with E-state index in [2.05, 4.69) is 26.1 Å². The molecule has 0 aromatic heterocycles. The number of phenolic OH excluding ortho intramolecular Hbond substituents is 2. The SMILES string of the molecule is C[C@H](CCC(=O)NC(Cc1ccc(O)c(O)c1)C(=O)O)[C@H]1CC[C@H]2[C@@H]3[C@H](O)C[C@@H]4C[C@H](O)CC[C@]4(C)[C@H]3CC[C@]12C. The molecule has 0 bridgehead atoms. The van der Waals surface area contributed by atoms with Gasteiger partial charge in [0.05, 0.1) is 12.2 Å². The molecule has 4 fully saturated rings. The number of carboxylic acids is 1. The van der Waals surface area contributed by atoms with E-state index in [0.717, 1.165) is 51.4 Å². The van der Waals surface area contributed by atoms with Crippen molar-refractivity contribution in [1.82, 2.24) is 5.32 Å². The van der Waals surface area contributed by atoms with Gasteiger partial charge in [-0.25, -0.2) is 4.79 Å². The summed E-state index contributed by atoms with van der Waals surface area (Å²) in [4.78, 5) is 24.7. The number of aliphatic hydroxyl groups excluding tert-OH is 2. The Morgan fingerprint density at radius 1 is 0.976 bits per heavy atom. The number of amides is 1. The zero-order valence-corrected chi connectivity index (χ0v) is 24.8. The first-order valence-corrected chi connectivity index (χ1v) is 15.7. The van der Waals surface area contributed by atoms with E-state index in [1.165, 1.54) is 18.2 Å². The Labute approximate surface area is 243 Å². The van der Waals surface area contributed by atoms with E-state index in [1.807, 2.05) is 0 Å². The van der Waals surface area contributed by atoms with Crippen LogP contribution >= 0.6 is 0 Å². The van der Waals surface area contributed by atoms with E-state index >= 15 is 0 Å². The van der Waals surface area contributed by atoms with Gasteiger partial charge in [-0.1, -0.05) is 26.8 Å². The molecule has 11 atom stereocenters. The maximum Gasteiger partial charge on any atom is 0.326 e. The van der Waals surface area contributed by atoms with Gasteiger partial charge < -0.3 is 30.8 Å². The number of benzene rings is 1. The lowest BCUT2D eigenvalue weighted by molar-refractivity contribution is -0.174. The number of fused-ring (bicyclic) bond motifs is 5. The Morgan fingerprint density at radius 3 is 2.39 bits per heavy atom. The quantitative estimate of drug-likeness (QED) is 0.250. The highest BCUT2D eigenvalue weighted by atomic mass is 16.4. The third-order valence-electron chi connectivity index (χ3n) is 12.4. The topological polar surface area (TPSA) is 147 Å². The van der Waals surface area contributed by atoms with Crippen LogP contribution in [0, 0.1) is 46.3 Å². The summed E-state index contributed by atoms with van der Waals surface area (Å²) in [7, 11) is 0. The van der Waals surface area contributed by atoms with E-state index in [4.69, 9.17) is 0 Å². The summed E-state index contributed by atoms with van der Waals surface area (Å²) in [5.41, 5.74) is 0.836. The van der Waals surface area contributed by atoms with Gasteiger partial charge in [-0.15, -0.1) is 0 Å². The van der Waals surface area contributed by atoms with Gasteiger partial charge >= 0.3 is 5.97 Å². The highest BCUT2D eigenvalue weighted by molar-refractivity contribution is 5.83. The second-order valence-electron chi connectivity index (χ2n) is 14.5. The van der Waals surface area contributed by atoms with E-state index in [1.54, 1.807) is 0 Å². The largest absolute Gasteiger partial charge is 0.504 e. The van der Waals surface area contributed by atoms with Crippen LogP contribution in [0.2, 0.25) is 0 Å². The fourth-order valence-electron chi connectivity index (χ4n) is 10.1. The van der Waals surface area contributed by atoms with Crippen LogP contribution in [0.4, 0.5) is 0 Å². The van der Waals surface area contributed by atoms with Gasteiger partial charge in [-0.05, 0) is 122 Å². The van der Waals surface area contributed by atoms with Crippen molar-refractivity contribution in [2.45, 2.75) is 110 Å². The molecule has 228 valence electrons. The molecule has 4 aliphatic carbocycles. The zero-order chi connectivity index (χ0) is 29.7. The summed E-state index contributed by atoms with van der Waals surface area (Å²) in [5, 5.41) is 53.4. The van der Waals surface area contributed by atoms with Crippen LogP contribution in [0.25, 0.3) is 0 Å². The molecule has 0 heterocycles. The maximum absolute atomic E-state index is 12.9. The number of aliphatic hydroxyl groups is 2. The van der Waals surface area contributed by atoms with Gasteiger partial charge in [0.2, 0.25) is 5.91 Å². The minimum atomic E-state index is -1.14. The number of carbonyl (C=O) groups is 2. The fourth-order valence-corrected chi connectivity index (χ4v) is 10.1. The highest BCUT2D eigenvalue weighted by Gasteiger charge is 2.62. The monoisotopic (exact) mass is 571 g/mol. The van der Waals surface area contributed by atoms with Crippen molar-refractivity contribution in [2.24, 2.45) is 46.3 Å². The van der Waals surface area contributed by atoms with Crippen LogP contribution in [0.1, 0.15) is 90.5 Å². The number of nitrogens with one attached hydrogen (secondary N) is 1. The molecule has 8 nitrogen and oxygen atoms in total. The number of hydrogen-bond acceptors (Lipinski definition) is 6. The Bertz CT molecular complexity index is 1140. The summed E-state index contributed by atoms with van der Waals surface area (Å²) < 4.78 is 0. The van der Waals surface area contributed by atoms with Crippen LogP contribution in [0.5, 0.6) is 11.5 Å². The zero-order valence-electron chi connectivity index (χ0n) is 24.8. The van der Waals surface area contributed by atoms with Crippen molar-refractivity contribution >= 4 is 11.9 Å². The molecule has 0 aliphatic heterocycles. The van der Waals surface area contributed by atoms with Crippen molar-refractivity contribution in [3.05, 3.63) is 23.8 Å². The molecular formula is C33H49NO7. The number of rotatable bonds is 8. The first-order chi connectivity index (χ1) is 19.3. The van der Waals surface area contributed by atoms with Crippen LogP contribution < -0.4 is 5.32 Å². The lowest BCUT2D eigenvalue weighted by Gasteiger charge is -2.62. The van der Waals surface area contributed by atoms with Crippen molar-refractivity contribution < 1.29 is 35.1 Å². The third-order valence-corrected chi connectivity index (χ3v) is 12.4. The van der Waals surface area contributed by atoms with E-state index in [0.29, 0.717) is 47.5 Å².